The van der Waals surface area contributed by atoms with E-state index in [1.165, 1.54) is 0 Å². The number of amides is 2. The van der Waals surface area contributed by atoms with E-state index in [4.69, 9.17) is 4.74 Å². The highest BCUT2D eigenvalue weighted by Crippen LogP contribution is 2.19. The summed E-state index contributed by atoms with van der Waals surface area (Å²) in [4.78, 5) is 31.5. The lowest BCUT2D eigenvalue weighted by atomic mass is 10.1. The molecular weight excluding hydrogens is 318 g/mol. The van der Waals surface area contributed by atoms with Crippen molar-refractivity contribution in [3.8, 4) is 5.75 Å². The maximum absolute atomic E-state index is 12.5. The van der Waals surface area contributed by atoms with E-state index in [9.17, 15) is 9.59 Å². The molecule has 0 atom stereocenters. The van der Waals surface area contributed by atoms with Crippen molar-refractivity contribution in [2.75, 3.05) is 33.3 Å². The lowest BCUT2D eigenvalue weighted by Gasteiger charge is -2.35. The number of piperazine rings is 1. The molecule has 6 heteroatoms. The monoisotopic (exact) mass is 341 g/mol. The molecule has 2 heterocycles. The molecule has 2 amide bonds. The zero-order valence-corrected chi connectivity index (χ0v) is 14.4. The van der Waals surface area contributed by atoms with Gasteiger partial charge in [-0.1, -0.05) is 18.2 Å². The maximum Gasteiger partial charge on any atom is 0.227 e. The minimum atomic E-state index is 0.0715. The first-order valence-electron chi connectivity index (χ1n) is 8.46. The molecule has 0 aliphatic carbocycles. The lowest BCUT2D eigenvalue weighted by Crippen LogP contribution is -2.51. The molecule has 0 radical (unpaired) electrons. The zero-order chi connectivity index (χ0) is 17.6. The van der Waals surface area contributed by atoms with Crippen LogP contribution >= 0.6 is 0 Å². The molecule has 1 fully saturated rings. The van der Waals surface area contributed by atoms with Gasteiger partial charge in [0.25, 0.3) is 0 Å². The highest BCUT2D eigenvalue weighted by Gasteiger charge is 2.24. The van der Waals surface area contributed by atoms with Crippen molar-refractivity contribution in [1.82, 2.24) is 14.8 Å². The topological polar surface area (TPSA) is 65.6 Å². The molecule has 2 aromatic rings. The molecule has 1 N–H and O–H groups in total. The third-order valence-electron chi connectivity index (χ3n) is 4.54. The molecule has 0 bridgehead atoms. The van der Waals surface area contributed by atoms with Crippen LogP contribution in [0.25, 0.3) is 0 Å². The van der Waals surface area contributed by atoms with Crippen molar-refractivity contribution in [2.24, 2.45) is 0 Å². The second-order valence-corrected chi connectivity index (χ2v) is 6.15. The van der Waals surface area contributed by atoms with Gasteiger partial charge in [-0.15, -0.1) is 0 Å². The van der Waals surface area contributed by atoms with Gasteiger partial charge in [-0.2, -0.15) is 0 Å². The summed E-state index contributed by atoms with van der Waals surface area (Å²) in [5.74, 6) is 0.912. The smallest absolute Gasteiger partial charge is 0.227 e. The number of aromatic amines is 1. The Bertz CT molecular complexity index is 719. The summed E-state index contributed by atoms with van der Waals surface area (Å²) in [6.45, 7) is 2.32. The minimum absolute atomic E-state index is 0.0715. The van der Waals surface area contributed by atoms with Gasteiger partial charge in [0.05, 0.1) is 20.0 Å². The number of carbonyl (C=O) groups excluding carboxylic acids is 2. The highest BCUT2D eigenvalue weighted by molar-refractivity contribution is 5.81. The maximum atomic E-state index is 12.5. The van der Waals surface area contributed by atoms with Crippen molar-refractivity contribution in [3.05, 3.63) is 53.9 Å². The Hall–Kier alpha value is -2.76. The minimum Gasteiger partial charge on any atom is -0.496 e. The Morgan fingerprint density at radius 2 is 1.64 bits per heavy atom. The number of methoxy groups -OCH3 is 1. The highest BCUT2D eigenvalue weighted by atomic mass is 16.5. The Morgan fingerprint density at radius 1 is 1.00 bits per heavy atom. The van der Waals surface area contributed by atoms with Crippen molar-refractivity contribution in [1.29, 1.82) is 0 Å². The van der Waals surface area contributed by atoms with Crippen molar-refractivity contribution < 1.29 is 14.3 Å². The second-order valence-electron chi connectivity index (χ2n) is 6.15. The van der Waals surface area contributed by atoms with Crippen LogP contribution < -0.4 is 4.74 Å². The molecule has 0 saturated carbocycles. The molecule has 0 unspecified atom stereocenters. The molecule has 1 aromatic heterocycles. The number of nitrogens with one attached hydrogen (secondary N) is 1. The fourth-order valence-electron chi connectivity index (χ4n) is 3.08. The number of rotatable bonds is 5. The summed E-state index contributed by atoms with van der Waals surface area (Å²) >= 11 is 0. The van der Waals surface area contributed by atoms with Crippen LogP contribution in [0.1, 0.15) is 11.1 Å². The molecule has 25 heavy (non-hydrogen) atoms. The number of aromatic nitrogens is 1. The van der Waals surface area contributed by atoms with Crippen LogP contribution in [0.15, 0.2) is 42.7 Å². The molecule has 1 aliphatic heterocycles. The Labute approximate surface area is 147 Å². The number of H-pyrrole nitrogens is 1. The predicted octanol–water partition coefficient (Wildman–Crippen LogP) is 1.48. The standard InChI is InChI=1S/C19H23N3O3/c1-25-17-5-3-2-4-16(17)13-19(24)22-10-8-21(9-11-22)18(23)12-15-6-7-20-14-15/h2-7,14,20H,8-13H2,1H3. The molecular formula is C19H23N3O3. The van der Waals surface area contributed by atoms with Crippen LogP contribution in [-0.2, 0) is 22.4 Å². The predicted molar refractivity (Wildman–Crippen MR) is 94.4 cm³/mol. The van der Waals surface area contributed by atoms with Crippen LogP contribution in [0.4, 0.5) is 0 Å². The van der Waals surface area contributed by atoms with Crippen molar-refractivity contribution >= 4 is 11.8 Å². The number of hydrogen-bond acceptors (Lipinski definition) is 3. The summed E-state index contributed by atoms with van der Waals surface area (Å²) in [7, 11) is 1.61. The second kappa shape index (κ2) is 7.88. The van der Waals surface area contributed by atoms with E-state index < -0.39 is 0 Å². The van der Waals surface area contributed by atoms with Crippen molar-refractivity contribution in [2.45, 2.75) is 12.8 Å². The van der Waals surface area contributed by atoms with Crippen molar-refractivity contribution in [3.63, 3.8) is 0 Å². The number of para-hydroxylation sites is 1. The summed E-state index contributed by atoms with van der Waals surface area (Å²) < 4.78 is 5.31. The van der Waals surface area contributed by atoms with E-state index in [0.29, 0.717) is 39.0 Å². The number of benzene rings is 1. The summed E-state index contributed by atoms with van der Waals surface area (Å²) in [6.07, 6.45) is 4.38. The van der Waals surface area contributed by atoms with Gasteiger partial charge in [0, 0.05) is 44.1 Å². The fraction of sp³-hybridized carbons (Fsp3) is 0.368. The largest absolute Gasteiger partial charge is 0.496 e. The van der Waals surface area contributed by atoms with Gasteiger partial charge in [-0.05, 0) is 17.7 Å². The third-order valence-corrected chi connectivity index (χ3v) is 4.54. The van der Waals surface area contributed by atoms with Gasteiger partial charge >= 0.3 is 0 Å². The van der Waals surface area contributed by atoms with E-state index in [0.717, 1.165) is 16.9 Å². The van der Waals surface area contributed by atoms with Crippen LogP contribution in [-0.4, -0.2) is 59.9 Å². The summed E-state index contributed by atoms with van der Waals surface area (Å²) in [5, 5.41) is 0. The summed E-state index contributed by atoms with van der Waals surface area (Å²) in [6, 6.07) is 9.48. The molecule has 3 rings (SSSR count). The summed E-state index contributed by atoms with van der Waals surface area (Å²) in [5.41, 5.74) is 1.88. The van der Waals surface area contributed by atoms with E-state index in [2.05, 4.69) is 4.98 Å². The van der Waals surface area contributed by atoms with Gasteiger partial charge in [-0.25, -0.2) is 0 Å². The van der Waals surface area contributed by atoms with Crippen LogP contribution in [0.2, 0.25) is 0 Å². The van der Waals surface area contributed by atoms with E-state index in [1.807, 2.05) is 52.5 Å². The Kier molecular flexibility index (Phi) is 5.38. The molecule has 132 valence electrons. The number of ether oxygens (including phenoxy) is 1. The molecule has 1 saturated heterocycles. The zero-order valence-electron chi connectivity index (χ0n) is 14.4. The Balaban J connectivity index is 1.51. The van der Waals surface area contributed by atoms with Gasteiger partial charge < -0.3 is 19.5 Å². The normalized spacial score (nSPS) is 14.4. The first-order chi connectivity index (χ1) is 12.2. The molecule has 6 nitrogen and oxygen atoms in total. The fourth-order valence-corrected chi connectivity index (χ4v) is 3.08. The van der Waals surface area contributed by atoms with E-state index >= 15 is 0 Å². The van der Waals surface area contributed by atoms with E-state index in [-0.39, 0.29) is 11.8 Å². The average molecular weight is 341 g/mol. The SMILES string of the molecule is COc1ccccc1CC(=O)N1CCN(C(=O)Cc2cc[nH]c2)CC1. The average Bonchev–Trinajstić information content (AvgIpc) is 3.15. The third kappa shape index (κ3) is 4.21. The number of carbonyl (C=O) groups is 2. The van der Waals surface area contributed by atoms with Crippen LogP contribution in [0, 0.1) is 0 Å². The van der Waals surface area contributed by atoms with Crippen LogP contribution in [0.3, 0.4) is 0 Å². The molecule has 1 aromatic carbocycles. The van der Waals surface area contributed by atoms with Gasteiger partial charge in [0.1, 0.15) is 5.75 Å². The van der Waals surface area contributed by atoms with Gasteiger partial charge in [0.15, 0.2) is 0 Å². The van der Waals surface area contributed by atoms with Gasteiger partial charge in [0.2, 0.25) is 11.8 Å². The molecule has 1 aliphatic rings. The first-order valence-corrected chi connectivity index (χ1v) is 8.46. The first kappa shape index (κ1) is 17.1. The lowest BCUT2D eigenvalue weighted by molar-refractivity contribution is -0.138. The number of hydrogen-bond donors (Lipinski definition) is 1. The number of nitrogens with zero attached hydrogens (tertiary/aromatic N) is 2. The Morgan fingerprint density at radius 3 is 2.24 bits per heavy atom. The van der Waals surface area contributed by atoms with Gasteiger partial charge in [-0.3, -0.25) is 9.59 Å². The van der Waals surface area contributed by atoms with Crippen LogP contribution in [0.5, 0.6) is 5.75 Å². The quantitative estimate of drug-likeness (QED) is 0.896. The molecule has 0 spiro atoms. The van der Waals surface area contributed by atoms with E-state index in [1.54, 1.807) is 7.11 Å².